The third kappa shape index (κ3) is 5.82. The summed E-state index contributed by atoms with van der Waals surface area (Å²) in [5, 5.41) is 16.8. The van der Waals surface area contributed by atoms with Crippen LogP contribution >= 0.6 is 0 Å². The molecule has 1 fully saturated rings. The zero-order valence-corrected chi connectivity index (χ0v) is 20.5. The number of hydrogen-bond acceptors (Lipinski definition) is 5. The van der Waals surface area contributed by atoms with Crippen LogP contribution in [-0.2, 0) is 6.54 Å². The Bertz CT molecular complexity index is 1160. The van der Waals surface area contributed by atoms with Crippen molar-refractivity contribution in [3.05, 3.63) is 65.2 Å². The van der Waals surface area contributed by atoms with Gasteiger partial charge in [-0.15, -0.1) is 0 Å². The summed E-state index contributed by atoms with van der Waals surface area (Å²) < 4.78 is 5.27. The van der Waals surface area contributed by atoms with Crippen molar-refractivity contribution >= 4 is 17.6 Å². The third-order valence-corrected chi connectivity index (χ3v) is 6.16. The van der Waals surface area contributed by atoms with E-state index in [0.29, 0.717) is 34.9 Å². The smallest absolute Gasteiger partial charge is 0.257 e. The van der Waals surface area contributed by atoms with Crippen molar-refractivity contribution in [1.82, 2.24) is 20.8 Å². The molecule has 1 heterocycles. The number of para-hydroxylation sites is 1. The minimum absolute atomic E-state index is 0.114. The Labute approximate surface area is 205 Å². The Kier molecular flexibility index (Phi) is 7.70. The Balaban J connectivity index is 1.49. The van der Waals surface area contributed by atoms with Crippen LogP contribution in [0.15, 0.2) is 48.5 Å². The van der Waals surface area contributed by atoms with Crippen molar-refractivity contribution in [2.45, 2.75) is 58.2 Å². The molecule has 1 saturated carbocycles. The molecule has 3 aromatic rings. The first-order valence-electron chi connectivity index (χ1n) is 12.1. The second-order valence-corrected chi connectivity index (χ2v) is 9.16. The van der Waals surface area contributed by atoms with Crippen LogP contribution in [0.4, 0.5) is 5.82 Å². The number of hydrogen-bond donors (Lipinski definition) is 4. The number of ether oxygens (including phenoxy) is 1. The Hall–Kier alpha value is -3.81. The molecule has 1 aromatic heterocycles. The number of H-pyrrole nitrogens is 1. The van der Waals surface area contributed by atoms with Crippen molar-refractivity contribution in [3.63, 3.8) is 0 Å². The predicted molar refractivity (Wildman–Crippen MR) is 137 cm³/mol. The average molecular weight is 476 g/mol. The normalized spacial score (nSPS) is 13.6. The molecule has 184 valence electrons. The summed E-state index contributed by atoms with van der Waals surface area (Å²) in [6.07, 6.45) is 4.33. The number of carbonyl (C=O) groups excluding carboxylic acids is 2. The second-order valence-electron chi connectivity index (χ2n) is 9.16. The molecular formula is C27H33N5O3. The van der Waals surface area contributed by atoms with E-state index in [4.69, 9.17) is 4.74 Å². The number of anilines is 1. The molecule has 2 amide bonds. The number of nitrogens with zero attached hydrogens (tertiary/aromatic N) is 1. The van der Waals surface area contributed by atoms with E-state index in [1.54, 1.807) is 25.3 Å². The minimum atomic E-state index is -0.199. The number of rotatable bonds is 9. The van der Waals surface area contributed by atoms with Crippen LogP contribution in [0, 0.1) is 0 Å². The number of aromatic nitrogens is 2. The molecule has 0 aliphatic heterocycles. The fourth-order valence-corrected chi connectivity index (χ4v) is 4.38. The number of carbonyl (C=O) groups is 2. The van der Waals surface area contributed by atoms with Gasteiger partial charge < -0.3 is 20.7 Å². The van der Waals surface area contributed by atoms with Gasteiger partial charge >= 0.3 is 0 Å². The molecule has 1 aliphatic rings. The molecule has 0 bridgehead atoms. The van der Waals surface area contributed by atoms with Crippen LogP contribution in [-0.4, -0.2) is 41.2 Å². The van der Waals surface area contributed by atoms with Gasteiger partial charge in [-0.2, -0.15) is 5.10 Å². The molecule has 0 spiro atoms. The lowest BCUT2D eigenvalue weighted by Gasteiger charge is -2.15. The number of methoxy groups -OCH3 is 1. The van der Waals surface area contributed by atoms with Gasteiger partial charge in [0.15, 0.2) is 5.82 Å². The van der Waals surface area contributed by atoms with Gasteiger partial charge in [0.1, 0.15) is 11.3 Å². The second kappa shape index (κ2) is 11.1. The quantitative estimate of drug-likeness (QED) is 0.364. The molecular weight excluding hydrogens is 442 g/mol. The molecule has 4 rings (SSSR count). The highest BCUT2D eigenvalue weighted by Gasteiger charge is 2.25. The molecule has 35 heavy (non-hydrogen) atoms. The highest BCUT2D eigenvalue weighted by molar-refractivity contribution is 6.04. The summed E-state index contributed by atoms with van der Waals surface area (Å²) in [7, 11) is 1.55. The number of aromatic amines is 1. The van der Waals surface area contributed by atoms with Gasteiger partial charge in [0, 0.05) is 24.2 Å². The van der Waals surface area contributed by atoms with E-state index in [2.05, 4.69) is 26.1 Å². The maximum Gasteiger partial charge on any atom is 0.257 e. The SMILES string of the molecule is COc1ccccc1C(=O)NCc1ccc(-c2[nH]nc(NC(C)C)c2C(=O)NC2CCCC2)cc1. The van der Waals surface area contributed by atoms with Gasteiger partial charge in [-0.05, 0) is 44.4 Å². The van der Waals surface area contributed by atoms with Gasteiger partial charge in [0.25, 0.3) is 11.8 Å². The first kappa shape index (κ1) is 24.3. The molecule has 0 unspecified atom stereocenters. The minimum Gasteiger partial charge on any atom is -0.496 e. The summed E-state index contributed by atoms with van der Waals surface area (Å²) >= 11 is 0. The van der Waals surface area contributed by atoms with Crippen molar-refractivity contribution in [1.29, 1.82) is 0 Å². The zero-order chi connectivity index (χ0) is 24.8. The van der Waals surface area contributed by atoms with Gasteiger partial charge in [-0.3, -0.25) is 14.7 Å². The molecule has 1 aliphatic carbocycles. The summed E-state index contributed by atoms with van der Waals surface area (Å²) in [4.78, 5) is 25.8. The van der Waals surface area contributed by atoms with Crippen LogP contribution in [0.5, 0.6) is 5.75 Å². The van der Waals surface area contributed by atoms with Gasteiger partial charge in [-0.25, -0.2) is 0 Å². The molecule has 8 nitrogen and oxygen atoms in total. The van der Waals surface area contributed by atoms with Gasteiger partial charge in [-0.1, -0.05) is 49.2 Å². The van der Waals surface area contributed by atoms with E-state index in [0.717, 1.165) is 36.8 Å². The topological polar surface area (TPSA) is 108 Å². The molecule has 0 atom stereocenters. The van der Waals surface area contributed by atoms with Crippen LogP contribution in [0.1, 0.15) is 65.8 Å². The molecule has 0 radical (unpaired) electrons. The lowest BCUT2D eigenvalue weighted by Crippen LogP contribution is -2.33. The van der Waals surface area contributed by atoms with Crippen LogP contribution in [0.3, 0.4) is 0 Å². The average Bonchev–Trinajstić information content (AvgIpc) is 3.52. The number of nitrogens with one attached hydrogen (secondary N) is 4. The highest BCUT2D eigenvalue weighted by Crippen LogP contribution is 2.29. The fourth-order valence-electron chi connectivity index (χ4n) is 4.38. The molecule has 2 aromatic carbocycles. The Morgan fingerprint density at radius 1 is 1.06 bits per heavy atom. The third-order valence-electron chi connectivity index (χ3n) is 6.16. The largest absolute Gasteiger partial charge is 0.496 e. The van der Waals surface area contributed by atoms with Crippen LogP contribution in [0.25, 0.3) is 11.3 Å². The number of benzene rings is 2. The maximum atomic E-state index is 13.2. The summed E-state index contributed by atoms with van der Waals surface area (Å²) in [6.45, 7) is 4.40. The Morgan fingerprint density at radius 3 is 2.46 bits per heavy atom. The molecule has 8 heteroatoms. The van der Waals surface area contributed by atoms with Crippen molar-refractivity contribution in [2.75, 3.05) is 12.4 Å². The Morgan fingerprint density at radius 2 is 1.77 bits per heavy atom. The fraction of sp³-hybridized carbons (Fsp3) is 0.370. The summed E-state index contributed by atoms with van der Waals surface area (Å²) in [5.74, 6) is 0.778. The zero-order valence-electron chi connectivity index (χ0n) is 20.5. The van der Waals surface area contributed by atoms with Crippen LogP contribution < -0.4 is 20.7 Å². The monoisotopic (exact) mass is 475 g/mol. The predicted octanol–water partition coefficient (Wildman–Crippen LogP) is 4.51. The first-order valence-corrected chi connectivity index (χ1v) is 12.1. The van der Waals surface area contributed by atoms with Gasteiger partial charge in [0.05, 0.1) is 18.4 Å². The lowest BCUT2D eigenvalue weighted by molar-refractivity contribution is 0.0934. The number of amides is 2. The first-order chi connectivity index (χ1) is 17.0. The van der Waals surface area contributed by atoms with Crippen molar-refractivity contribution in [3.8, 4) is 17.0 Å². The summed E-state index contributed by atoms with van der Waals surface area (Å²) in [5.41, 5.74) is 3.49. The van der Waals surface area contributed by atoms with E-state index < -0.39 is 0 Å². The van der Waals surface area contributed by atoms with Crippen LogP contribution in [0.2, 0.25) is 0 Å². The van der Waals surface area contributed by atoms with E-state index in [1.807, 2.05) is 44.2 Å². The van der Waals surface area contributed by atoms with Gasteiger partial charge in [0.2, 0.25) is 0 Å². The molecule has 0 saturated heterocycles. The van der Waals surface area contributed by atoms with E-state index >= 15 is 0 Å². The van der Waals surface area contributed by atoms with Crippen molar-refractivity contribution in [2.24, 2.45) is 0 Å². The summed E-state index contributed by atoms with van der Waals surface area (Å²) in [6, 6.07) is 15.2. The standard InChI is InChI=1S/C27H33N5O3/c1-17(2)29-25-23(27(34)30-20-8-4-5-9-20)24(31-32-25)19-14-12-18(13-15-19)16-28-26(33)21-10-6-7-11-22(21)35-3/h6-7,10-15,17,20H,4-5,8-9,16H2,1-3H3,(H,28,33)(H,30,34)(H2,29,31,32). The van der Waals surface area contributed by atoms with Crippen molar-refractivity contribution < 1.29 is 14.3 Å². The maximum absolute atomic E-state index is 13.2. The molecule has 4 N–H and O–H groups in total. The highest BCUT2D eigenvalue weighted by atomic mass is 16.5. The van der Waals surface area contributed by atoms with E-state index in [-0.39, 0.29) is 23.9 Å². The van der Waals surface area contributed by atoms with E-state index in [9.17, 15) is 9.59 Å². The lowest BCUT2D eigenvalue weighted by atomic mass is 10.0. The van der Waals surface area contributed by atoms with E-state index in [1.165, 1.54) is 0 Å².